The van der Waals surface area contributed by atoms with Crippen molar-refractivity contribution < 1.29 is 13.3 Å². The fraction of sp³-hybridized carbons (Fsp3) is 0.353. The molecule has 0 amide bonds. The van der Waals surface area contributed by atoms with Gasteiger partial charge >= 0.3 is 0 Å². The number of benzene rings is 1. The van der Waals surface area contributed by atoms with E-state index < -0.39 is 14.8 Å². The van der Waals surface area contributed by atoms with Gasteiger partial charge in [-0.15, -0.1) is 11.8 Å². The smallest absolute Gasteiger partial charge is 0.269 e. The highest BCUT2D eigenvalue weighted by atomic mass is 32.2. The zero-order valence-electron chi connectivity index (χ0n) is 14.7. The number of nitro benzene ring substituents is 1. The molecule has 1 unspecified atom stereocenters. The summed E-state index contributed by atoms with van der Waals surface area (Å²) < 4.78 is 25.4. The van der Waals surface area contributed by atoms with Crippen molar-refractivity contribution in [2.45, 2.75) is 31.6 Å². The number of hydrogen-bond acceptors (Lipinski definition) is 7. The van der Waals surface area contributed by atoms with Gasteiger partial charge in [-0.1, -0.05) is 13.0 Å². The first-order valence-electron chi connectivity index (χ1n) is 8.03. The molecule has 142 valence electrons. The Morgan fingerprint density at radius 1 is 1.38 bits per heavy atom. The Hall–Kier alpha value is -1.97. The molecule has 0 saturated heterocycles. The molecule has 1 atom stereocenters. The Morgan fingerprint density at radius 3 is 2.54 bits per heavy atom. The number of nitrogens with zero attached hydrogens (tertiary/aromatic N) is 2. The summed E-state index contributed by atoms with van der Waals surface area (Å²) in [6.07, 6.45) is 4.86. The van der Waals surface area contributed by atoms with Crippen molar-refractivity contribution in [2.75, 3.05) is 6.67 Å². The predicted octanol–water partition coefficient (Wildman–Crippen LogP) is 3.88. The number of rotatable bonds is 10. The number of nitrogens with two attached hydrogens (primary N) is 1. The van der Waals surface area contributed by atoms with Crippen LogP contribution in [0.5, 0.6) is 0 Å². The molecule has 0 aliphatic heterocycles. The average molecular weight is 398 g/mol. The standard InChI is InChI=1S/C17H23N3O4S2/c1-3-11-25-17(14(4-2)9-10-19-13-18)12-26(23,24)16-7-5-15(6-8-16)20(21)22/h3,5-8,10-12,14H,4,9,13,18H2,1-2H3/b11-3-,17-12+,19-10?. The van der Waals surface area contributed by atoms with E-state index in [-0.39, 0.29) is 23.2 Å². The van der Waals surface area contributed by atoms with Gasteiger partial charge < -0.3 is 5.73 Å². The quantitative estimate of drug-likeness (QED) is 0.364. The second-order valence-corrected chi connectivity index (χ2v) is 8.07. The third-order valence-corrected chi connectivity index (χ3v) is 6.28. The fourth-order valence-corrected chi connectivity index (χ4v) is 4.61. The van der Waals surface area contributed by atoms with Gasteiger partial charge in [-0.3, -0.25) is 15.1 Å². The maximum atomic E-state index is 12.7. The minimum atomic E-state index is -3.73. The Balaban J connectivity index is 3.22. The molecule has 9 heteroatoms. The SMILES string of the molecule is C/C=C\S/C(=C/S(=O)(=O)c1ccc([N+](=O)[O-])cc1)C(CC)CC=NCN. The second-order valence-electron chi connectivity index (χ2n) is 5.29. The molecule has 0 aliphatic carbocycles. The molecular formula is C17H23N3O4S2. The molecular weight excluding hydrogens is 374 g/mol. The van der Waals surface area contributed by atoms with E-state index in [2.05, 4.69) is 4.99 Å². The summed E-state index contributed by atoms with van der Waals surface area (Å²) in [6.45, 7) is 4.02. The summed E-state index contributed by atoms with van der Waals surface area (Å²) in [5.41, 5.74) is 5.20. The zero-order valence-corrected chi connectivity index (χ0v) is 16.4. The molecule has 0 radical (unpaired) electrons. The van der Waals surface area contributed by atoms with Crippen molar-refractivity contribution in [3.05, 3.63) is 56.2 Å². The van der Waals surface area contributed by atoms with Crippen molar-refractivity contribution >= 4 is 33.5 Å². The highest BCUT2D eigenvalue weighted by molar-refractivity contribution is 8.06. The monoisotopic (exact) mass is 397 g/mol. The predicted molar refractivity (Wildman–Crippen MR) is 107 cm³/mol. The third-order valence-electron chi connectivity index (χ3n) is 3.51. The molecule has 0 saturated carbocycles. The molecule has 0 heterocycles. The van der Waals surface area contributed by atoms with Gasteiger partial charge in [0.1, 0.15) is 0 Å². The average Bonchev–Trinajstić information content (AvgIpc) is 2.62. The van der Waals surface area contributed by atoms with Crippen molar-refractivity contribution in [1.82, 2.24) is 0 Å². The lowest BCUT2D eigenvalue weighted by atomic mass is 10.0. The maximum Gasteiger partial charge on any atom is 0.269 e. The molecule has 7 nitrogen and oxygen atoms in total. The van der Waals surface area contributed by atoms with Gasteiger partial charge in [-0.2, -0.15) is 0 Å². The van der Waals surface area contributed by atoms with Crippen LogP contribution < -0.4 is 5.73 Å². The van der Waals surface area contributed by atoms with Gasteiger partial charge in [0.2, 0.25) is 9.84 Å². The summed E-state index contributed by atoms with van der Waals surface area (Å²) in [6, 6.07) is 4.87. The van der Waals surface area contributed by atoms with Crippen LogP contribution in [0.2, 0.25) is 0 Å². The van der Waals surface area contributed by atoms with E-state index >= 15 is 0 Å². The highest BCUT2D eigenvalue weighted by Gasteiger charge is 2.19. The summed E-state index contributed by atoms with van der Waals surface area (Å²) in [5.74, 6) is -0.0145. The summed E-state index contributed by atoms with van der Waals surface area (Å²) in [5, 5.41) is 13.8. The Kier molecular flexibility index (Phi) is 9.25. The van der Waals surface area contributed by atoms with Gasteiger partial charge in [0, 0.05) is 28.7 Å². The van der Waals surface area contributed by atoms with Crippen LogP contribution in [-0.4, -0.2) is 26.2 Å². The molecule has 26 heavy (non-hydrogen) atoms. The lowest BCUT2D eigenvalue weighted by molar-refractivity contribution is -0.384. The molecule has 1 aromatic carbocycles. The largest absolute Gasteiger partial charge is 0.312 e. The van der Waals surface area contributed by atoms with Crippen LogP contribution in [0.3, 0.4) is 0 Å². The van der Waals surface area contributed by atoms with E-state index in [0.717, 1.165) is 6.42 Å². The minimum absolute atomic E-state index is 0.0145. The van der Waals surface area contributed by atoms with Crippen LogP contribution in [0, 0.1) is 16.0 Å². The number of allylic oxidation sites excluding steroid dienone is 2. The van der Waals surface area contributed by atoms with Crippen LogP contribution in [0.4, 0.5) is 5.69 Å². The summed E-state index contributed by atoms with van der Waals surface area (Å²) in [7, 11) is -3.73. The van der Waals surface area contributed by atoms with Gasteiger partial charge in [0.05, 0.1) is 16.5 Å². The third kappa shape index (κ3) is 6.74. The molecule has 0 fully saturated rings. The van der Waals surface area contributed by atoms with E-state index in [1.807, 2.05) is 25.3 Å². The topological polar surface area (TPSA) is 116 Å². The molecule has 0 aliphatic rings. The van der Waals surface area contributed by atoms with Gasteiger partial charge in [0.25, 0.3) is 5.69 Å². The van der Waals surface area contributed by atoms with E-state index in [1.165, 1.54) is 41.4 Å². The Labute approximate surface area is 158 Å². The van der Waals surface area contributed by atoms with Crippen molar-refractivity contribution in [3.63, 3.8) is 0 Å². The molecule has 0 aromatic heterocycles. The first-order valence-corrected chi connectivity index (χ1v) is 10.5. The van der Waals surface area contributed by atoms with Crippen molar-refractivity contribution in [2.24, 2.45) is 16.6 Å². The van der Waals surface area contributed by atoms with E-state index in [0.29, 0.717) is 11.3 Å². The summed E-state index contributed by atoms with van der Waals surface area (Å²) >= 11 is 1.34. The normalized spacial score (nSPS) is 14.2. The van der Waals surface area contributed by atoms with Crippen LogP contribution in [0.1, 0.15) is 26.7 Å². The Morgan fingerprint density at radius 2 is 2.04 bits per heavy atom. The van der Waals surface area contributed by atoms with Crippen molar-refractivity contribution in [3.8, 4) is 0 Å². The number of thioether (sulfide) groups is 1. The van der Waals surface area contributed by atoms with Crippen molar-refractivity contribution in [1.29, 1.82) is 0 Å². The molecule has 2 N–H and O–H groups in total. The second kappa shape index (κ2) is 10.9. The molecule has 0 spiro atoms. The number of sulfone groups is 1. The van der Waals surface area contributed by atoms with Crippen LogP contribution in [0.25, 0.3) is 0 Å². The minimum Gasteiger partial charge on any atom is -0.312 e. The number of aliphatic imine (C=N–C) groups is 1. The maximum absolute atomic E-state index is 12.7. The van der Waals surface area contributed by atoms with E-state index in [9.17, 15) is 18.5 Å². The van der Waals surface area contributed by atoms with Gasteiger partial charge in [0.15, 0.2) is 0 Å². The lowest BCUT2D eigenvalue weighted by Crippen LogP contribution is -2.06. The zero-order chi connectivity index (χ0) is 19.6. The van der Waals surface area contributed by atoms with Crippen LogP contribution in [0.15, 0.2) is 56.0 Å². The van der Waals surface area contributed by atoms with Crippen LogP contribution in [-0.2, 0) is 9.84 Å². The molecule has 1 aromatic rings. The van der Waals surface area contributed by atoms with Gasteiger partial charge in [-0.05, 0) is 43.2 Å². The molecule has 0 bridgehead atoms. The first kappa shape index (κ1) is 22.1. The summed E-state index contributed by atoms with van der Waals surface area (Å²) in [4.78, 5) is 14.9. The van der Waals surface area contributed by atoms with Crippen LogP contribution >= 0.6 is 11.8 Å². The van der Waals surface area contributed by atoms with E-state index in [4.69, 9.17) is 5.73 Å². The van der Waals surface area contributed by atoms with E-state index in [1.54, 1.807) is 6.21 Å². The highest BCUT2D eigenvalue weighted by Crippen LogP contribution is 2.32. The Bertz CT molecular complexity index is 785. The molecule has 1 rings (SSSR count). The number of nitro groups is 1. The first-order chi connectivity index (χ1) is 12.4. The fourth-order valence-electron chi connectivity index (χ4n) is 2.11. The number of non-ortho nitro benzene ring substituents is 1. The lowest BCUT2D eigenvalue weighted by Gasteiger charge is -2.15. The van der Waals surface area contributed by atoms with Gasteiger partial charge in [-0.25, -0.2) is 8.42 Å². The number of hydrogen-bond donors (Lipinski definition) is 1.